The molecule has 0 aliphatic rings. The normalized spacial score (nSPS) is 12.9. The quantitative estimate of drug-likeness (QED) is 0.0261. The lowest BCUT2D eigenvalue weighted by Crippen LogP contribution is -2.30. The van der Waals surface area contributed by atoms with Crippen LogP contribution in [0.2, 0.25) is 0 Å². The molecule has 0 spiro atoms. The van der Waals surface area contributed by atoms with Crippen molar-refractivity contribution in [2.75, 3.05) is 13.2 Å². The molecule has 6 heteroatoms. The van der Waals surface area contributed by atoms with Crippen molar-refractivity contribution in [3.05, 3.63) is 122 Å². The molecular formula is C77H130O6. The molecule has 0 aromatic rings. The zero-order valence-electron chi connectivity index (χ0n) is 54.4. The average molecular weight is 1150 g/mol. The molecule has 0 saturated heterocycles. The van der Waals surface area contributed by atoms with Crippen LogP contribution in [0.3, 0.4) is 0 Å². The second kappa shape index (κ2) is 70.3. The van der Waals surface area contributed by atoms with Crippen molar-refractivity contribution in [2.24, 2.45) is 0 Å². The van der Waals surface area contributed by atoms with Gasteiger partial charge in [-0.1, -0.05) is 316 Å². The van der Waals surface area contributed by atoms with Crippen LogP contribution in [0.1, 0.15) is 329 Å². The highest BCUT2D eigenvalue weighted by molar-refractivity contribution is 5.71. The molecule has 474 valence electrons. The topological polar surface area (TPSA) is 78.9 Å². The molecule has 0 bridgehead atoms. The number of hydrogen-bond acceptors (Lipinski definition) is 6. The van der Waals surface area contributed by atoms with E-state index in [2.05, 4.69) is 142 Å². The summed E-state index contributed by atoms with van der Waals surface area (Å²) in [6.07, 6.45) is 98.2. The summed E-state index contributed by atoms with van der Waals surface area (Å²) in [4.78, 5) is 38.2. The maximum Gasteiger partial charge on any atom is 0.306 e. The van der Waals surface area contributed by atoms with Gasteiger partial charge in [0.2, 0.25) is 0 Å². The first-order chi connectivity index (χ1) is 41.0. The van der Waals surface area contributed by atoms with Gasteiger partial charge in [0, 0.05) is 19.3 Å². The Kier molecular flexibility index (Phi) is 66.7. The number of rotatable bonds is 63. The van der Waals surface area contributed by atoms with Gasteiger partial charge in [0.15, 0.2) is 6.10 Å². The van der Waals surface area contributed by atoms with E-state index >= 15 is 0 Å². The summed E-state index contributed by atoms with van der Waals surface area (Å²) in [5, 5.41) is 0. The monoisotopic (exact) mass is 1150 g/mol. The molecule has 0 aromatic heterocycles. The molecule has 0 aliphatic carbocycles. The fraction of sp³-hybridized carbons (Fsp3) is 0.701. The second-order valence-electron chi connectivity index (χ2n) is 23.1. The second-order valence-corrected chi connectivity index (χ2v) is 23.1. The van der Waals surface area contributed by atoms with Crippen LogP contribution in [0.4, 0.5) is 0 Å². The first-order valence-electron chi connectivity index (χ1n) is 35.0. The van der Waals surface area contributed by atoms with Crippen LogP contribution >= 0.6 is 0 Å². The van der Waals surface area contributed by atoms with Gasteiger partial charge in [-0.25, -0.2) is 0 Å². The number of carbonyl (C=O) groups excluding carboxylic acids is 3. The van der Waals surface area contributed by atoms with Gasteiger partial charge in [-0.3, -0.25) is 14.4 Å². The Bertz CT molecular complexity index is 1700. The van der Waals surface area contributed by atoms with E-state index < -0.39 is 6.10 Å². The van der Waals surface area contributed by atoms with Crippen LogP contribution in [0.5, 0.6) is 0 Å². The van der Waals surface area contributed by atoms with Crippen molar-refractivity contribution in [2.45, 2.75) is 335 Å². The summed E-state index contributed by atoms with van der Waals surface area (Å²) < 4.78 is 16.9. The molecule has 0 radical (unpaired) electrons. The van der Waals surface area contributed by atoms with Crippen LogP contribution in [0.25, 0.3) is 0 Å². The largest absolute Gasteiger partial charge is 0.462 e. The fourth-order valence-electron chi connectivity index (χ4n) is 9.73. The van der Waals surface area contributed by atoms with Gasteiger partial charge in [0.05, 0.1) is 0 Å². The Morgan fingerprint density at radius 3 is 0.747 bits per heavy atom. The molecule has 83 heavy (non-hydrogen) atoms. The van der Waals surface area contributed by atoms with E-state index in [4.69, 9.17) is 14.2 Å². The molecule has 1 atom stereocenters. The molecule has 0 fully saturated rings. The zero-order valence-corrected chi connectivity index (χ0v) is 54.4. The Hall–Kier alpha value is -4.19. The van der Waals surface area contributed by atoms with Crippen molar-refractivity contribution >= 4 is 17.9 Å². The highest BCUT2D eigenvalue weighted by Gasteiger charge is 2.19. The Morgan fingerprint density at radius 2 is 0.470 bits per heavy atom. The fourth-order valence-corrected chi connectivity index (χ4v) is 9.73. The zero-order chi connectivity index (χ0) is 59.9. The standard InChI is InChI=1S/C77H130O6/c1-4-7-10-13-16-18-20-22-24-26-28-30-32-33-34-35-36-37-38-39-40-41-42-43-45-46-48-50-52-54-56-58-61-64-67-70-76(79)82-73-74(72-81-75(78)69-66-63-60-15-12-9-6-3)83-77(80)71-68-65-62-59-57-55-53-51-49-47-44-31-29-27-25-23-21-19-17-14-11-8-5-2/h7,10,16,18,22,24,27-30,33-34,36-37,39-40,42-43,46,48,74H,4-6,8-9,11-15,17,19-21,23,25-26,31-32,35,38,41,44-45,47,49-73H2,1-3H3/b10-7-,18-16-,24-22-,29-27-,30-28-,34-33-,37-36-,40-39-,43-42-,48-46-. The predicted molar refractivity (Wildman–Crippen MR) is 362 cm³/mol. The molecule has 0 heterocycles. The summed E-state index contributed by atoms with van der Waals surface area (Å²) in [5.74, 6) is -0.891. The molecule has 0 rings (SSSR count). The van der Waals surface area contributed by atoms with E-state index in [-0.39, 0.29) is 31.1 Å². The van der Waals surface area contributed by atoms with Crippen molar-refractivity contribution in [3.8, 4) is 0 Å². The van der Waals surface area contributed by atoms with Crippen molar-refractivity contribution in [3.63, 3.8) is 0 Å². The van der Waals surface area contributed by atoms with E-state index in [1.54, 1.807) is 0 Å². The number of allylic oxidation sites excluding steroid dienone is 20. The minimum atomic E-state index is -0.783. The van der Waals surface area contributed by atoms with Gasteiger partial charge >= 0.3 is 17.9 Å². The molecule has 0 saturated carbocycles. The van der Waals surface area contributed by atoms with Crippen LogP contribution in [0, 0.1) is 0 Å². The molecule has 0 aromatic carbocycles. The number of carbonyl (C=O) groups is 3. The van der Waals surface area contributed by atoms with Crippen molar-refractivity contribution in [1.82, 2.24) is 0 Å². The van der Waals surface area contributed by atoms with Crippen LogP contribution in [-0.2, 0) is 28.6 Å². The molecule has 0 N–H and O–H groups in total. The van der Waals surface area contributed by atoms with E-state index in [9.17, 15) is 14.4 Å². The van der Waals surface area contributed by atoms with Crippen LogP contribution in [-0.4, -0.2) is 37.2 Å². The summed E-state index contributed by atoms with van der Waals surface area (Å²) in [7, 11) is 0. The van der Waals surface area contributed by atoms with Gasteiger partial charge in [-0.15, -0.1) is 0 Å². The summed E-state index contributed by atoms with van der Waals surface area (Å²) in [5.41, 5.74) is 0. The molecule has 0 aliphatic heterocycles. The Morgan fingerprint density at radius 1 is 0.253 bits per heavy atom. The van der Waals surface area contributed by atoms with E-state index in [0.29, 0.717) is 19.3 Å². The van der Waals surface area contributed by atoms with Gasteiger partial charge in [-0.05, 0) is 116 Å². The molecule has 1 unspecified atom stereocenters. The lowest BCUT2D eigenvalue weighted by molar-refractivity contribution is -0.167. The summed E-state index contributed by atoms with van der Waals surface area (Å²) >= 11 is 0. The van der Waals surface area contributed by atoms with Gasteiger partial charge < -0.3 is 14.2 Å². The predicted octanol–water partition coefficient (Wildman–Crippen LogP) is 24.3. The van der Waals surface area contributed by atoms with Gasteiger partial charge in [0.1, 0.15) is 13.2 Å². The number of esters is 3. The van der Waals surface area contributed by atoms with E-state index in [0.717, 1.165) is 122 Å². The Labute approximate surface area is 513 Å². The lowest BCUT2D eigenvalue weighted by atomic mass is 10.0. The minimum absolute atomic E-state index is 0.0806. The van der Waals surface area contributed by atoms with Crippen LogP contribution < -0.4 is 0 Å². The number of ether oxygens (including phenoxy) is 3. The van der Waals surface area contributed by atoms with Crippen molar-refractivity contribution < 1.29 is 28.6 Å². The summed E-state index contributed by atoms with van der Waals surface area (Å²) in [6, 6.07) is 0. The minimum Gasteiger partial charge on any atom is -0.462 e. The van der Waals surface area contributed by atoms with Crippen LogP contribution in [0.15, 0.2) is 122 Å². The third-order valence-corrected chi connectivity index (χ3v) is 15.0. The third kappa shape index (κ3) is 68.5. The third-order valence-electron chi connectivity index (χ3n) is 15.0. The van der Waals surface area contributed by atoms with Gasteiger partial charge in [-0.2, -0.15) is 0 Å². The molecular weight excluding hydrogens is 1020 g/mol. The lowest BCUT2D eigenvalue weighted by Gasteiger charge is -2.18. The summed E-state index contributed by atoms with van der Waals surface area (Å²) in [6.45, 7) is 6.50. The SMILES string of the molecule is CC/C=C\C/C=C\C/C=C\C/C=C\C/C=C\C/C=C\C/C=C\C/C=C\C/C=C\CCCCCCCCCC(=O)OCC(COC(=O)CCCCCCCCC)OC(=O)CCCCCCCCCCCCC/C=C\CCCCCCCCCC. The maximum absolute atomic E-state index is 12.9. The average Bonchev–Trinajstić information content (AvgIpc) is 3.49. The first-order valence-corrected chi connectivity index (χ1v) is 35.0. The van der Waals surface area contributed by atoms with E-state index in [1.807, 2.05) is 0 Å². The first kappa shape index (κ1) is 78.8. The molecule has 6 nitrogen and oxygen atoms in total. The van der Waals surface area contributed by atoms with E-state index in [1.165, 1.54) is 167 Å². The highest BCUT2D eigenvalue weighted by atomic mass is 16.6. The maximum atomic E-state index is 12.9. The van der Waals surface area contributed by atoms with Crippen molar-refractivity contribution in [1.29, 1.82) is 0 Å². The highest BCUT2D eigenvalue weighted by Crippen LogP contribution is 2.16. The smallest absolute Gasteiger partial charge is 0.306 e. The number of hydrogen-bond donors (Lipinski definition) is 0. The number of unbranched alkanes of at least 4 members (excludes halogenated alkanes) is 32. The van der Waals surface area contributed by atoms with Gasteiger partial charge in [0.25, 0.3) is 0 Å². The molecule has 0 amide bonds. The Balaban J connectivity index is 4.13.